The molecule has 0 spiro atoms. The van der Waals surface area contributed by atoms with Crippen LogP contribution in [-0.4, -0.2) is 36.3 Å². The third-order valence-corrected chi connectivity index (χ3v) is 5.55. The number of amides is 1. The smallest absolute Gasteiger partial charge is 0.274 e. The van der Waals surface area contributed by atoms with Gasteiger partial charge >= 0.3 is 0 Å². The largest absolute Gasteiger partial charge is 0.325 e. The second-order valence-corrected chi connectivity index (χ2v) is 7.64. The molecule has 10 heteroatoms. The molecule has 0 aliphatic heterocycles. The number of nitro benzene ring substituents is 1. The van der Waals surface area contributed by atoms with E-state index in [-0.39, 0.29) is 17.3 Å². The molecule has 0 saturated heterocycles. The van der Waals surface area contributed by atoms with Crippen LogP contribution in [-0.2, 0) is 4.79 Å². The number of benzene rings is 1. The highest BCUT2D eigenvalue weighted by Gasteiger charge is 2.30. The Morgan fingerprint density at radius 3 is 2.83 bits per heavy atom. The summed E-state index contributed by atoms with van der Waals surface area (Å²) < 4.78 is 2.06. The highest BCUT2D eigenvalue weighted by Crippen LogP contribution is 2.41. The highest BCUT2D eigenvalue weighted by atomic mass is 32.2. The first-order valence-electron chi connectivity index (χ1n) is 9.06. The lowest BCUT2D eigenvalue weighted by Gasteiger charge is -2.10. The molecule has 3 aromatic rings. The molecule has 1 amide bonds. The van der Waals surface area contributed by atoms with Crippen molar-refractivity contribution in [3.63, 3.8) is 0 Å². The SMILES string of the molecule is Cc1c(NC(=O)CSc2nnc(-c3cccnc3)n2C2CC2)cccc1[N+](=O)[O-]. The Kier molecular flexibility index (Phi) is 5.26. The van der Waals surface area contributed by atoms with Crippen LogP contribution in [0.15, 0.2) is 47.9 Å². The maximum absolute atomic E-state index is 12.4. The molecular formula is C19H18N6O3S. The van der Waals surface area contributed by atoms with E-state index in [0.29, 0.717) is 22.4 Å². The summed E-state index contributed by atoms with van der Waals surface area (Å²) in [6.07, 6.45) is 5.56. The molecule has 4 rings (SSSR count). The minimum Gasteiger partial charge on any atom is -0.325 e. The second kappa shape index (κ2) is 8.00. The normalized spacial score (nSPS) is 13.3. The van der Waals surface area contributed by atoms with Crippen molar-refractivity contribution in [3.05, 3.63) is 58.4 Å². The van der Waals surface area contributed by atoms with Crippen molar-refractivity contribution in [3.8, 4) is 11.4 Å². The first-order valence-corrected chi connectivity index (χ1v) is 10.0. The second-order valence-electron chi connectivity index (χ2n) is 6.69. The summed E-state index contributed by atoms with van der Waals surface area (Å²) >= 11 is 1.30. The Labute approximate surface area is 170 Å². The maximum Gasteiger partial charge on any atom is 0.274 e. The Morgan fingerprint density at radius 2 is 2.14 bits per heavy atom. The standard InChI is InChI=1S/C19H18N6O3S/c1-12-15(5-2-6-16(12)25(27)28)21-17(26)11-29-19-23-22-18(24(19)14-7-8-14)13-4-3-9-20-10-13/h2-6,9-10,14H,7-8,11H2,1H3,(H,21,26). The molecule has 0 bridgehead atoms. The fourth-order valence-corrected chi connectivity index (χ4v) is 3.81. The third kappa shape index (κ3) is 4.11. The lowest BCUT2D eigenvalue weighted by molar-refractivity contribution is -0.385. The van der Waals surface area contributed by atoms with Crippen LogP contribution in [0, 0.1) is 17.0 Å². The first-order chi connectivity index (χ1) is 14.0. The van der Waals surface area contributed by atoms with Gasteiger partial charge in [-0.05, 0) is 38.0 Å². The molecule has 0 radical (unpaired) electrons. The maximum atomic E-state index is 12.4. The van der Waals surface area contributed by atoms with E-state index in [4.69, 9.17) is 0 Å². The summed E-state index contributed by atoms with van der Waals surface area (Å²) in [5, 5.41) is 23.1. The Balaban J connectivity index is 1.47. The zero-order valence-electron chi connectivity index (χ0n) is 15.6. The van der Waals surface area contributed by atoms with Gasteiger partial charge in [0.25, 0.3) is 5.69 Å². The molecule has 29 heavy (non-hydrogen) atoms. The average Bonchev–Trinajstić information content (AvgIpc) is 3.47. The zero-order chi connectivity index (χ0) is 20.4. The van der Waals surface area contributed by atoms with Gasteiger partial charge in [-0.25, -0.2) is 0 Å². The molecule has 1 aliphatic rings. The first kappa shape index (κ1) is 19.1. The quantitative estimate of drug-likeness (QED) is 0.359. The van der Waals surface area contributed by atoms with Gasteiger partial charge in [-0.1, -0.05) is 17.8 Å². The van der Waals surface area contributed by atoms with Crippen molar-refractivity contribution < 1.29 is 9.72 Å². The number of carbonyl (C=O) groups is 1. The van der Waals surface area contributed by atoms with Crippen LogP contribution >= 0.6 is 11.8 Å². The summed E-state index contributed by atoms with van der Waals surface area (Å²) in [5.74, 6) is 0.616. The molecule has 2 heterocycles. The van der Waals surface area contributed by atoms with E-state index in [1.54, 1.807) is 31.5 Å². The number of pyridine rings is 1. The van der Waals surface area contributed by atoms with Gasteiger partial charge in [-0.3, -0.25) is 24.5 Å². The van der Waals surface area contributed by atoms with E-state index >= 15 is 0 Å². The number of aromatic nitrogens is 4. The molecule has 0 unspecified atom stereocenters. The van der Waals surface area contributed by atoms with Crippen LogP contribution in [0.25, 0.3) is 11.4 Å². The summed E-state index contributed by atoms with van der Waals surface area (Å²) in [6, 6.07) is 8.74. The van der Waals surface area contributed by atoms with E-state index in [2.05, 4.69) is 25.1 Å². The topological polar surface area (TPSA) is 116 Å². The molecule has 1 fully saturated rings. The van der Waals surface area contributed by atoms with E-state index in [1.807, 2.05) is 12.1 Å². The van der Waals surface area contributed by atoms with E-state index in [1.165, 1.54) is 17.8 Å². The van der Waals surface area contributed by atoms with Crippen molar-refractivity contribution in [2.75, 3.05) is 11.1 Å². The number of anilines is 1. The van der Waals surface area contributed by atoms with Crippen molar-refractivity contribution in [2.24, 2.45) is 0 Å². The predicted molar refractivity (Wildman–Crippen MR) is 109 cm³/mol. The molecule has 1 aliphatic carbocycles. The number of hydrogen-bond acceptors (Lipinski definition) is 7. The molecule has 1 N–H and O–H groups in total. The predicted octanol–water partition coefficient (Wildman–Crippen LogP) is 3.62. The minimum absolute atomic E-state index is 0.0231. The number of thioether (sulfide) groups is 1. The van der Waals surface area contributed by atoms with Gasteiger partial charge in [0.1, 0.15) is 0 Å². The fourth-order valence-electron chi connectivity index (χ4n) is 3.00. The third-order valence-electron chi connectivity index (χ3n) is 4.60. The molecule has 0 atom stereocenters. The Bertz CT molecular complexity index is 1070. The van der Waals surface area contributed by atoms with Crippen LogP contribution in [0.5, 0.6) is 0 Å². The van der Waals surface area contributed by atoms with E-state index in [0.717, 1.165) is 24.2 Å². The van der Waals surface area contributed by atoms with Crippen molar-refractivity contribution in [1.82, 2.24) is 19.7 Å². The van der Waals surface area contributed by atoms with E-state index in [9.17, 15) is 14.9 Å². The number of nitrogens with zero attached hydrogens (tertiary/aromatic N) is 5. The molecule has 1 saturated carbocycles. The lowest BCUT2D eigenvalue weighted by Crippen LogP contribution is -2.15. The van der Waals surface area contributed by atoms with Crippen LogP contribution in [0.2, 0.25) is 0 Å². The fraction of sp³-hybridized carbons (Fsp3) is 0.263. The van der Waals surface area contributed by atoms with Gasteiger partial charge in [0.05, 0.1) is 21.9 Å². The Hall–Kier alpha value is -3.27. The Morgan fingerprint density at radius 1 is 1.31 bits per heavy atom. The van der Waals surface area contributed by atoms with E-state index < -0.39 is 4.92 Å². The molecule has 1 aromatic carbocycles. The molecule has 148 valence electrons. The monoisotopic (exact) mass is 410 g/mol. The van der Waals surface area contributed by atoms with Crippen LogP contribution in [0.1, 0.15) is 24.4 Å². The average molecular weight is 410 g/mol. The molecular weight excluding hydrogens is 392 g/mol. The number of nitro groups is 1. The van der Waals surface area contributed by atoms with Gasteiger partial charge in [-0.15, -0.1) is 10.2 Å². The van der Waals surface area contributed by atoms with Crippen LogP contribution in [0.3, 0.4) is 0 Å². The van der Waals surface area contributed by atoms with Gasteiger partial charge in [-0.2, -0.15) is 0 Å². The highest BCUT2D eigenvalue weighted by molar-refractivity contribution is 7.99. The van der Waals surface area contributed by atoms with Gasteiger partial charge < -0.3 is 5.32 Å². The van der Waals surface area contributed by atoms with Crippen LogP contribution in [0.4, 0.5) is 11.4 Å². The summed E-state index contributed by atoms with van der Waals surface area (Å²) in [5.41, 5.74) is 1.72. The summed E-state index contributed by atoms with van der Waals surface area (Å²) in [4.78, 5) is 27.2. The number of rotatable bonds is 7. The number of nitrogens with one attached hydrogen (secondary N) is 1. The summed E-state index contributed by atoms with van der Waals surface area (Å²) in [7, 11) is 0. The minimum atomic E-state index is -0.460. The molecule has 9 nitrogen and oxygen atoms in total. The number of hydrogen-bond donors (Lipinski definition) is 1. The number of carbonyl (C=O) groups excluding carboxylic acids is 1. The summed E-state index contributed by atoms with van der Waals surface area (Å²) in [6.45, 7) is 1.62. The van der Waals surface area contributed by atoms with Crippen molar-refractivity contribution in [2.45, 2.75) is 31.0 Å². The zero-order valence-corrected chi connectivity index (χ0v) is 16.4. The van der Waals surface area contributed by atoms with Gasteiger partial charge in [0, 0.05) is 30.1 Å². The van der Waals surface area contributed by atoms with Crippen LogP contribution < -0.4 is 5.32 Å². The lowest BCUT2D eigenvalue weighted by atomic mass is 10.1. The van der Waals surface area contributed by atoms with Gasteiger partial charge in [0.15, 0.2) is 11.0 Å². The molecule has 2 aromatic heterocycles. The van der Waals surface area contributed by atoms with Crippen molar-refractivity contribution >= 4 is 29.0 Å². The van der Waals surface area contributed by atoms with Crippen molar-refractivity contribution in [1.29, 1.82) is 0 Å². The van der Waals surface area contributed by atoms with Gasteiger partial charge in [0.2, 0.25) is 5.91 Å².